The molecule has 1 atom stereocenters. The van der Waals surface area contributed by atoms with Crippen LogP contribution in [0.25, 0.3) is 0 Å². The van der Waals surface area contributed by atoms with Crippen LogP contribution < -0.4 is 5.32 Å². The molecule has 94 valence electrons. The summed E-state index contributed by atoms with van der Waals surface area (Å²) in [7, 11) is 3.48. The average molecular weight is 230 g/mol. The summed E-state index contributed by atoms with van der Waals surface area (Å²) in [4.78, 5) is 13.4. The lowest BCUT2D eigenvalue weighted by molar-refractivity contribution is -0.138. The second-order valence-electron chi connectivity index (χ2n) is 4.54. The fourth-order valence-corrected chi connectivity index (χ4v) is 1.88. The predicted octanol–water partition coefficient (Wildman–Crippen LogP) is -0.406. The van der Waals surface area contributed by atoms with Gasteiger partial charge in [-0.1, -0.05) is 0 Å². The van der Waals surface area contributed by atoms with Crippen LogP contribution in [0.15, 0.2) is 0 Å². The van der Waals surface area contributed by atoms with Crippen molar-refractivity contribution in [2.24, 2.45) is 0 Å². The van der Waals surface area contributed by atoms with Crippen LogP contribution in [0.4, 0.5) is 0 Å². The van der Waals surface area contributed by atoms with Crippen molar-refractivity contribution in [2.45, 2.75) is 31.4 Å². The minimum absolute atomic E-state index is 0.00224. The minimum Gasteiger partial charge on any atom is -0.388 e. The highest BCUT2D eigenvalue weighted by Gasteiger charge is 2.32. The van der Waals surface area contributed by atoms with Crippen LogP contribution >= 0.6 is 0 Å². The Balaban J connectivity index is 2.49. The molecule has 1 fully saturated rings. The Bertz CT molecular complexity index is 239. The van der Waals surface area contributed by atoms with E-state index in [0.717, 1.165) is 0 Å². The molecule has 0 aromatic heterocycles. The van der Waals surface area contributed by atoms with Crippen molar-refractivity contribution in [3.8, 4) is 0 Å². The lowest BCUT2D eigenvalue weighted by Crippen LogP contribution is -2.50. The molecule has 2 N–H and O–H groups in total. The van der Waals surface area contributed by atoms with Crippen molar-refractivity contribution in [3.63, 3.8) is 0 Å². The van der Waals surface area contributed by atoms with E-state index in [4.69, 9.17) is 4.74 Å². The Hall–Kier alpha value is -0.650. The van der Waals surface area contributed by atoms with Gasteiger partial charge >= 0.3 is 0 Å². The highest BCUT2D eigenvalue weighted by molar-refractivity contribution is 5.81. The van der Waals surface area contributed by atoms with Crippen molar-refractivity contribution in [1.82, 2.24) is 10.2 Å². The van der Waals surface area contributed by atoms with Crippen LogP contribution in [0, 0.1) is 0 Å². The summed E-state index contributed by atoms with van der Waals surface area (Å²) in [6.07, 6.45) is 1.19. The molecule has 0 spiro atoms. The Morgan fingerprint density at radius 2 is 2.12 bits per heavy atom. The molecule has 1 unspecified atom stereocenters. The second kappa shape index (κ2) is 5.61. The van der Waals surface area contributed by atoms with E-state index in [1.54, 1.807) is 19.0 Å². The molecule has 1 heterocycles. The fourth-order valence-electron chi connectivity index (χ4n) is 1.88. The molecule has 0 aliphatic carbocycles. The quantitative estimate of drug-likeness (QED) is 0.689. The highest BCUT2D eigenvalue weighted by atomic mass is 16.5. The summed E-state index contributed by atoms with van der Waals surface area (Å²) in [5.74, 6) is 0.00224. The van der Waals surface area contributed by atoms with Crippen LogP contribution in [0.2, 0.25) is 0 Å². The van der Waals surface area contributed by atoms with Crippen LogP contribution in [-0.4, -0.2) is 61.4 Å². The average Bonchev–Trinajstić information content (AvgIpc) is 2.27. The number of amides is 1. The molecule has 5 nitrogen and oxygen atoms in total. The van der Waals surface area contributed by atoms with Gasteiger partial charge in [-0.25, -0.2) is 0 Å². The molecule has 1 rings (SSSR count). The van der Waals surface area contributed by atoms with Gasteiger partial charge < -0.3 is 20.1 Å². The fraction of sp³-hybridized carbons (Fsp3) is 0.909. The molecule has 0 saturated carbocycles. The summed E-state index contributed by atoms with van der Waals surface area (Å²) in [5.41, 5.74) is -0.782. The van der Waals surface area contributed by atoms with Gasteiger partial charge in [0.1, 0.15) is 0 Å². The first kappa shape index (κ1) is 13.4. The zero-order valence-corrected chi connectivity index (χ0v) is 10.3. The van der Waals surface area contributed by atoms with E-state index in [9.17, 15) is 9.90 Å². The van der Waals surface area contributed by atoms with E-state index in [0.29, 0.717) is 32.6 Å². The van der Waals surface area contributed by atoms with Crippen molar-refractivity contribution >= 4 is 5.91 Å². The lowest BCUT2D eigenvalue weighted by atomic mass is 9.94. The third-order valence-electron chi connectivity index (χ3n) is 3.13. The van der Waals surface area contributed by atoms with Gasteiger partial charge in [0.2, 0.25) is 5.91 Å². The van der Waals surface area contributed by atoms with Gasteiger partial charge in [-0.15, -0.1) is 0 Å². The highest BCUT2D eigenvalue weighted by Crippen LogP contribution is 2.21. The van der Waals surface area contributed by atoms with Crippen LogP contribution in [0.5, 0.6) is 0 Å². The van der Waals surface area contributed by atoms with E-state index >= 15 is 0 Å². The van der Waals surface area contributed by atoms with Gasteiger partial charge in [0.15, 0.2) is 0 Å². The van der Waals surface area contributed by atoms with Crippen molar-refractivity contribution in [3.05, 3.63) is 0 Å². The van der Waals surface area contributed by atoms with Crippen molar-refractivity contribution in [2.75, 3.05) is 33.9 Å². The number of nitrogens with one attached hydrogen (secondary N) is 1. The van der Waals surface area contributed by atoms with Gasteiger partial charge in [0.25, 0.3) is 0 Å². The van der Waals surface area contributed by atoms with E-state index in [2.05, 4.69) is 5.32 Å². The Labute approximate surface area is 96.8 Å². The SMILES string of the molecule is CNC(C)C(=O)N(C)CC1(O)CCOCC1. The van der Waals surface area contributed by atoms with E-state index < -0.39 is 5.60 Å². The zero-order chi connectivity index (χ0) is 12.2. The number of carbonyl (C=O) groups excluding carboxylic acids is 1. The molecular formula is C11H22N2O3. The molecule has 0 aromatic carbocycles. The molecular weight excluding hydrogens is 208 g/mol. The smallest absolute Gasteiger partial charge is 0.239 e. The van der Waals surface area contributed by atoms with Gasteiger partial charge in [-0.3, -0.25) is 4.79 Å². The lowest BCUT2D eigenvalue weighted by Gasteiger charge is -2.36. The second-order valence-corrected chi connectivity index (χ2v) is 4.54. The molecule has 1 aliphatic heterocycles. The standard InChI is InChI=1S/C11H22N2O3/c1-9(12-2)10(14)13(3)8-11(15)4-6-16-7-5-11/h9,12,15H,4-8H2,1-3H3. The molecule has 1 amide bonds. The molecule has 5 heteroatoms. The number of aliphatic hydroxyl groups is 1. The monoisotopic (exact) mass is 230 g/mol. The van der Waals surface area contributed by atoms with Gasteiger partial charge in [0, 0.05) is 39.6 Å². The summed E-state index contributed by atoms with van der Waals surface area (Å²) < 4.78 is 5.20. The first-order valence-electron chi connectivity index (χ1n) is 5.71. The summed E-state index contributed by atoms with van der Waals surface area (Å²) in [5, 5.41) is 13.1. The summed E-state index contributed by atoms with van der Waals surface area (Å²) >= 11 is 0. The van der Waals surface area contributed by atoms with Crippen LogP contribution in [-0.2, 0) is 9.53 Å². The molecule has 0 radical (unpaired) electrons. The zero-order valence-electron chi connectivity index (χ0n) is 10.3. The van der Waals surface area contributed by atoms with E-state index in [1.165, 1.54) is 0 Å². The first-order chi connectivity index (χ1) is 7.48. The number of carbonyl (C=O) groups is 1. The maximum atomic E-state index is 11.8. The van der Waals surface area contributed by atoms with Crippen LogP contribution in [0.1, 0.15) is 19.8 Å². The Kier molecular flexibility index (Phi) is 4.70. The normalized spacial score (nSPS) is 21.5. The molecule has 16 heavy (non-hydrogen) atoms. The van der Waals surface area contributed by atoms with Gasteiger partial charge in [-0.05, 0) is 14.0 Å². The van der Waals surface area contributed by atoms with E-state index in [-0.39, 0.29) is 11.9 Å². The minimum atomic E-state index is -0.782. The number of ether oxygens (including phenoxy) is 1. The number of hydrogen-bond donors (Lipinski definition) is 2. The van der Waals surface area contributed by atoms with Crippen LogP contribution in [0.3, 0.4) is 0 Å². The molecule has 0 bridgehead atoms. The third kappa shape index (κ3) is 3.43. The summed E-state index contributed by atoms with van der Waals surface area (Å²) in [6, 6.07) is -0.214. The molecule has 0 aromatic rings. The third-order valence-corrected chi connectivity index (χ3v) is 3.13. The first-order valence-corrected chi connectivity index (χ1v) is 5.71. The molecule has 1 saturated heterocycles. The largest absolute Gasteiger partial charge is 0.388 e. The maximum absolute atomic E-state index is 11.8. The van der Waals surface area contributed by atoms with Gasteiger partial charge in [-0.2, -0.15) is 0 Å². The molecule has 1 aliphatic rings. The number of nitrogens with zero attached hydrogens (tertiary/aromatic N) is 1. The van der Waals surface area contributed by atoms with Gasteiger partial charge in [0.05, 0.1) is 11.6 Å². The Morgan fingerprint density at radius 3 is 2.62 bits per heavy atom. The predicted molar refractivity (Wildman–Crippen MR) is 61.2 cm³/mol. The topological polar surface area (TPSA) is 61.8 Å². The van der Waals surface area contributed by atoms with Crippen molar-refractivity contribution < 1.29 is 14.6 Å². The Morgan fingerprint density at radius 1 is 1.56 bits per heavy atom. The maximum Gasteiger partial charge on any atom is 0.239 e. The number of likely N-dealkylation sites (N-methyl/N-ethyl adjacent to an activating group) is 2. The van der Waals surface area contributed by atoms with Crippen molar-refractivity contribution in [1.29, 1.82) is 0 Å². The number of hydrogen-bond acceptors (Lipinski definition) is 4. The summed E-state index contributed by atoms with van der Waals surface area (Å²) in [6.45, 7) is 3.33. The van der Waals surface area contributed by atoms with E-state index in [1.807, 2.05) is 6.92 Å². The number of rotatable bonds is 4.